The third-order valence-electron chi connectivity index (χ3n) is 12.1. The van der Waals surface area contributed by atoms with Crippen LogP contribution >= 0.6 is 24.0 Å². The summed E-state index contributed by atoms with van der Waals surface area (Å²) in [6, 6.07) is 41.5. The van der Waals surface area contributed by atoms with Gasteiger partial charge < -0.3 is 29.8 Å². The molecule has 1 fully saturated rings. The maximum atomic E-state index is 13.1. The molecule has 4 aromatic carbocycles. The van der Waals surface area contributed by atoms with E-state index in [2.05, 4.69) is 19.8 Å². The number of carbonyl (C=O) groups excluding carboxylic acids is 2. The third kappa shape index (κ3) is 24.6. The summed E-state index contributed by atoms with van der Waals surface area (Å²) in [5.74, 6) is 5.57. The van der Waals surface area contributed by atoms with Gasteiger partial charge in [0.2, 0.25) is 0 Å². The largest absolute Gasteiger partial charge is 1.00 e. The number of rotatable bonds is 22. The van der Waals surface area contributed by atoms with Crippen molar-refractivity contribution in [3.8, 4) is 23.0 Å². The number of hydrogen-bond acceptors (Lipinski definition) is 18. The number of hydroxylamine groups is 1. The summed E-state index contributed by atoms with van der Waals surface area (Å²) in [4.78, 5) is 41.3. The van der Waals surface area contributed by atoms with E-state index in [1.54, 1.807) is 125 Å². The number of methoxy groups -OCH3 is 1. The Kier molecular flexibility index (Phi) is 31.7. The third-order valence-corrected chi connectivity index (χ3v) is 16.6. The van der Waals surface area contributed by atoms with Gasteiger partial charge in [0.05, 0.1) is 41.6 Å². The molecule has 3 aromatic heterocycles. The number of benzene rings is 4. The van der Waals surface area contributed by atoms with Crippen molar-refractivity contribution in [2.24, 2.45) is 16.7 Å². The average Bonchev–Trinajstić information content (AvgIpc) is 3.69. The maximum absolute atomic E-state index is 13.1. The zero-order chi connectivity index (χ0) is 59.4. The predicted octanol–water partition coefficient (Wildman–Crippen LogP) is 7.96. The number of amides is 1. The topological polar surface area (TPSA) is 264 Å². The van der Waals surface area contributed by atoms with Gasteiger partial charge in [0.15, 0.2) is 32.1 Å². The summed E-state index contributed by atoms with van der Waals surface area (Å²) in [6.45, 7) is 7.46. The number of para-hydroxylation sites is 2. The second kappa shape index (κ2) is 36.8. The minimum absolute atomic E-state index is 0. The van der Waals surface area contributed by atoms with Crippen molar-refractivity contribution in [3.05, 3.63) is 199 Å². The monoisotopic (exact) mass is 1240 g/mol. The number of alkyl halides is 1. The number of nitrogens with two attached hydrogens (primary N) is 1. The molecule has 0 saturated carbocycles. The van der Waals surface area contributed by atoms with Gasteiger partial charge in [0.25, 0.3) is 5.91 Å². The minimum Gasteiger partial charge on any atom is -1.00 e. The molecule has 7 aromatic rings. The van der Waals surface area contributed by atoms with Gasteiger partial charge in [-0.15, -0.1) is 24.0 Å². The molecule has 24 heteroatoms. The molecule has 448 valence electrons. The zero-order valence-corrected chi connectivity index (χ0v) is 52.9. The molecule has 0 bridgehead atoms. The average molecular weight is 1250 g/mol. The Morgan fingerprint density at radius 2 is 1.05 bits per heavy atom. The number of ether oxygens (including phenoxy) is 6. The number of aromatic nitrogens is 3. The molecule has 3 atom stereocenters. The number of nitrogens with one attached hydrogen (secondary N) is 1. The smallest absolute Gasteiger partial charge is 1.00 e. The van der Waals surface area contributed by atoms with E-state index in [1.807, 2.05) is 66.7 Å². The van der Waals surface area contributed by atoms with Gasteiger partial charge >= 0.3 is 35.5 Å². The Balaban J connectivity index is 0.000000445. The summed E-state index contributed by atoms with van der Waals surface area (Å²) in [5.41, 5.74) is 1.89. The van der Waals surface area contributed by atoms with Crippen molar-refractivity contribution in [2.45, 2.75) is 94.3 Å². The van der Waals surface area contributed by atoms with E-state index in [9.17, 15) is 31.6 Å². The standard InChI is InChI=1S/C25H27NO6S.C24H26N2O6S.C6H6ClN.C5H11NO2.ClH.Na.H/c1-25(2,23(24(27)30-3)31-17-19-8-7-15-26-16-19)18-33(28,29)22-13-11-21(12-14-22)32-20-9-5-4-6-10-20;1-24(2,22(23(27)26-28)31-16-18-7-6-14-25-15-18)17-33(29,30)21-12-10-20(11-13-21)32-19-8-4-3-5-9-19;7-4-6-2-1-3-8-5-6;6-8-5-3-1-2-4-7-5;;;/h4-16,23H,17-18H2,1-3H3;3-15,22,28H,16-17H2,1-2H3,(H,26,27);1-3,5H,4H2;5H,1-4,6H2;1H;;/q;;;;;+1;-1. The van der Waals surface area contributed by atoms with Crippen LogP contribution in [0.1, 0.15) is 65.1 Å². The van der Waals surface area contributed by atoms with Crippen molar-refractivity contribution in [3.63, 3.8) is 0 Å². The van der Waals surface area contributed by atoms with Crippen LogP contribution in [0, 0.1) is 10.8 Å². The fourth-order valence-corrected chi connectivity index (χ4v) is 11.9. The quantitative estimate of drug-likeness (QED) is 0.0191. The van der Waals surface area contributed by atoms with Crippen LogP contribution in [0.15, 0.2) is 193 Å². The first-order chi connectivity index (χ1) is 39.3. The normalized spacial score (nSPS) is 13.7. The molecule has 1 aliphatic rings. The molecular weight excluding hydrogens is 1170 g/mol. The van der Waals surface area contributed by atoms with Crippen molar-refractivity contribution in [2.75, 3.05) is 25.2 Å². The number of hydrogen-bond donors (Lipinski definition) is 3. The van der Waals surface area contributed by atoms with E-state index < -0.39 is 54.6 Å². The Hall–Kier alpha value is -5.89. The van der Waals surface area contributed by atoms with Gasteiger partial charge in [0.1, 0.15) is 29.1 Å². The van der Waals surface area contributed by atoms with Crippen LogP contribution in [0.2, 0.25) is 0 Å². The van der Waals surface area contributed by atoms with E-state index in [0.29, 0.717) is 34.4 Å². The summed E-state index contributed by atoms with van der Waals surface area (Å²) in [5, 5.41) is 9.18. The minimum atomic E-state index is -3.79. The number of nitrogens with zero attached hydrogens (tertiary/aromatic N) is 3. The van der Waals surface area contributed by atoms with E-state index in [0.717, 1.165) is 30.6 Å². The summed E-state index contributed by atoms with van der Waals surface area (Å²) in [6.07, 6.45) is 10.7. The first-order valence-electron chi connectivity index (χ1n) is 25.9. The Morgan fingerprint density at radius 3 is 1.38 bits per heavy atom. The molecule has 3 unspecified atom stereocenters. The number of halogens is 2. The second-order valence-electron chi connectivity index (χ2n) is 19.8. The fourth-order valence-electron chi connectivity index (χ4n) is 8.03. The maximum Gasteiger partial charge on any atom is 1.00 e. The van der Waals surface area contributed by atoms with Crippen LogP contribution in [0.3, 0.4) is 0 Å². The number of sulfone groups is 2. The first kappa shape index (κ1) is 72.4. The van der Waals surface area contributed by atoms with Crippen LogP contribution in [-0.2, 0) is 72.1 Å². The zero-order valence-electron chi connectivity index (χ0n) is 48.7. The number of pyridine rings is 3. The van der Waals surface area contributed by atoms with E-state index in [4.69, 9.17) is 45.9 Å². The number of carbonyl (C=O) groups is 2. The Bertz CT molecular complexity index is 3020. The molecule has 1 amide bonds. The van der Waals surface area contributed by atoms with E-state index >= 15 is 0 Å². The fraction of sp³-hybridized carbons (Fsp3) is 0.317. The van der Waals surface area contributed by atoms with Gasteiger partial charge in [-0.25, -0.2) is 33.0 Å². The molecule has 8 rings (SSSR count). The molecular formula is C60H72Cl2N5NaO14S2. The summed E-state index contributed by atoms with van der Waals surface area (Å²) < 4.78 is 85.4. The Labute approximate surface area is 526 Å². The SMILES string of the molecule is CC(C)(CS(=O)(=O)c1ccc(Oc2ccccc2)cc1)C(OCc1cccnc1)C(=O)NO.COC(=O)C(OCc1cccnc1)C(C)(C)CS(=O)(=O)c1ccc(Oc2ccccc2)cc1.Cl.ClCc1cccnc1.NOC1CCCCO1.[H-].[Na+]. The predicted molar refractivity (Wildman–Crippen MR) is 316 cm³/mol. The molecule has 0 aliphatic carbocycles. The van der Waals surface area contributed by atoms with Gasteiger partial charge in [0, 0.05) is 66.9 Å². The summed E-state index contributed by atoms with van der Waals surface area (Å²) >= 11 is 5.49. The van der Waals surface area contributed by atoms with Crippen LogP contribution in [-0.4, -0.2) is 92.6 Å². The Morgan fingerprint density at radius 1 is 0.643 bits per heavy atom. The first-order valence-corrected chi connectivity index (χ1v) is 29.7. The van der Waals surface area contributed by atoms with E-state index in [-0.39, 0.29) is 84.2 Å². The molecule has 4 N–H and O–H groups in total. The van der Waals surface area contributed by atoms with Crippen molar-refractivity contribution < 1.29 is 95.9 Å². The second-order valence-corrected chi connectivity index (χ2v) is 24.0. The van der Waals surface area contributed by atoms with Gasteiger partial charge in [-0.3, -0.25) is 29.8 Å². The molecule has 0 spiro atoms. The van der Waals surface area contributed by atoms with Gasteiger partial charge in [-0.1, -0.05) is 82.3 Å². The van der Waals surface area contributed by atoms with Gasteiger partial charge in [-0.2, -0.15) is 0 Å². The molecule has 1 saturated heterocycles. The van der Waals surface area contributed by atoms with Crippen LogP contribution in [0.4, 0.5) is 0 Å². The van der Waals surface area contributed by atoms with Crippen molar-refractivity contribution in [1.82, 2.24) is 20.4 Å². The molecule has 19 nitrogen and oxygen atoms in total. The van der Waals surface area contributed by atoms with Gasteiger partial charge in [-0.05, 0) is 121 Å². The summed E-state index contributed by atoms with van der Waals surface area (Å²) in [7, 11) is -6.27. The molecule has 4 heterocycles. The van der Waals surface area contributed by atoms with Crippen molar-refractivity contribution in [1.29, 1.82) is 0 Å². The molecule has 84 heavy (non-hydrogen) atoms. The van der Waals surface area contributed by atoms with E-state index in [1.165, 1.54) is 37.8 Å². The van der Waals surface area contributed by atoms with Crippen LogP contribution in [0.25, 0.3) is 0 Å². The van der Waals surface area contributed by atoms with Crippen LogP contribution in [0.5, 0.6) is 23.0 Å². The molecule has 1 aliphatic heterocycles. The van der Waals surface area contributed by atoms with Crippen LogP contribution < -0.4 is 50.4 Å². The van der Waals surface area contributed by atoms with Crippen molar-refractivity contribution >= 4 is 55.6 Å². The molecule has 0 radical (unpaired) electrons. The number of esters is 1.